The molecular weight excluding hydrogens is 252 g/mol. The minimum Gasteiger partial charge on any atom is -0.377 e. The van der Waals surface area contributed by atoms with Crippen LogP contribution < -0.4 is 0 Å². The van der Waals surface area contributed by atoms with Gasteiger partial charge in [0.2, 0.25) is 0 Å². The first-order valence-corrected chi connectivity index (χ1v) is 8.16. The Labute approximate surface area is 123 Å². The smallest absolute Gasteiger partial charge is 0.119 e. The van der Waals surface area contributed by atoms with Crippen molar-refractivity contribution in [2.24, 2.45) is 0 Å². The Morgan fingerprint density at radius 1 is 1.45 bits per heavy atom. The summed E-state index contributed by atoms with van der Waals surface area (Å²) in [6.45, 7) is 3.21. The monoisotopic (exact) mass is 282 g/mol. The van der Waals surface area contributed by atoms with E-state index in [2.05, 4.69) is 23.9 Å². The van der Waals surface area contributed by atoms with Crippen molar-refractivity contribution in [3.05, 3.63) is 0 Å². The van der Waals surface area contributed by atoms with Crippen LogP contribution in [0.3, 0.4) is 0 Å². The molecule has 0 aromatic rings. The van der Waals surface area contributed by atoms with Gasteiger partial charge in [-0.1, -0.05) is 0 Å². The number of carbonyl (C=O) groups is 1. The number of likely N-dealkylation sites (N-methyl/N-ethyl adjacent to an activating group) is 1. The number of aldehydes is 1. The third-order valence-electron chi connectivity index (χ3n) is 4.98. The first-order valence-electron chi connectivity index (χ1n) is 8.16. The van der Waals surface area contributed by atoms with Gasteiger partial charge >= 0.3 is 0 Å². The van der Waals surface area contributed by atoms with Crippen molar-refractivity contribution in [3.63, 3.8) is 0 Å². The molecule has 2 rings (SSSR count). The Morgan fingerprint density at radius 3 is 2.80 bits per heavy atom. The highest BCUT2D eigenvalue weighted by molar-refractivity contribution is 5.48. The van der Waals surface area contributed by atoms with Gasteiger partial charge in [0.25, 0.3) is 0 Å². The lowest BCUT2D eigenvalue weighted by molar-refractivity contribution is -0.108. The van der Waals surface area contributed by atoms with Gasteiger partial charge in [-0.2, -0.15) is 0 Å². The van der Waals surface area contributed by atoms with Crippen LogP contribution >= 0.6 is 0 Å². The molecule has 0 aromatic heterocycles. The topological polar surface area (TPSA) is 32.8 Å². The van der Waals surface area contributed by atoms with Gasteiger partial charge in [-0.3, -0.25) is 0 Å². The lowest BCUT2D eigenvalue weighted by Gasteiger charge is -2.37. The van der Waals surface area contributed by atoms with E-state index in [9.17, 15) is 4.79 Å². The van der Waals surface area contributed by atoms with Gasteiger partial charge < -0.3 is 19.3 Å². The average Bonchev–Trinajstić information content (AvgIpc) is 2.78. The van der Waals surface area contributed by atoms with Crippen molar-refractivity contribution in [3.8, 4) is 0 Å². The molecule has 0 bridgehead atoms. The summed E-state index contributed by atoms with van der Waals surface area (Å²) < 4.78 is 5.56. The molecule has 0 aliphatic carbocycles. The number of hydrogen-bond acceptors (Lipinski definition) is 4. The summed E-state index contributed by atoms with van der Waals surface area (Å²) >= 11 is 0. The van der Waals surface area contributed by atoms with Gasteiger partial charge in [0.15, 0.2) is 0 Å². The van der Waals surface area contributed by atoms with E-state index in [1.165, 1.54) is 32.2 Å². The summed E-state index contributed by atoms with van der Waals surface area (Å²) in [6.07, 6.45) is 9.43. The van der Waals surface area contributed by atoms with E-state index in [0.29, 0.717) is 18.6 Å². The van der Waals surface area contributed by atoms with Crippen LogP contribution in [-0.2, 0) is 9.53 Å². The predicted molar refractivity (Wildman–Crippen MR) is 81.0 cm³/mol. The number of hydrogen-bond donors (Lipinski definition) is 0. The molecule has 0 N–H and O–H groups in total. The molecule has 0 saturated carbocycles. The van der Waals surface area contributed by atoms with E-state index in [0.717, 1.165) is 38.3 Å². The van der Waals surface area contributed by atoms with Crippen LogP contribution in [0.15, 0.2) is 0 Å². The molecule has 0 amide bonds. The van der Waals surface area contributed by atoms with Gasteiger partial charge in [-0.25, -0.2) is 0 Å². The molecule has 116 valence electrons. The Morgan fingerprint density at radius 2 is 2.25 bits per heavy atom. The first-order chi connectivity index (χ1) is 9.70. The highest BCUT2D eigenvalue weighted by atomic mass is 16.5. The summed E-state index contributed by atoms with van der Waals surface area (Å²) in [7, 11) is 4.47. The average molecular weight is 282 g/mol. The molecule has 3 atom stereocenters. The van der Waals surface area contributed by atoms with E-state index < -0.39 is 0 Å². The van der Waals surface area contributed by atoms with E-state index in [4.69, 9.17) is 4.74 Å². The zero-order valence-corrected chi connectivity index (χ0v) is 13.1. The summed E-state index contributed by atoms with van der Waals surface area (Å²) in [5.41, 5.74) is 0. The molecule has 0 radical (unpaired) electrons. The highest BCUT2D eigenvalue weighted by Gasteiger charge is 2.28. The molecule has 0 spiro atoms. The largest absolute Gasteiger partial charge is 0.377 e. The van der Waals surface area contributed by atoms with Gasteiger partial charge in [0, 0.05) is 31.7 Å². The van der Waals surface area contributed by atoms with Gasteiger partial charge in [0.1, 0.15) is 6.29 Å². The van der Waals surface area contributed by atoms with Gasteiger partial charge in [0.05, 0.1) is 6.10 Å². The van der Waals surface area contributed by atoms with Crippen molar-refractivity contribution in [1.82, 2.24) is 9.80 Å². The third-order valence-corrected chi connectivity index (χ3v) is 4.98. The Balaban J connectivity index is 1.82. The number of likely N-dealkylation sites (tertiary alicyclic amines) is 1. The maximum Gasteiger partial charge on any atom is 0.119 e. The zero-order chi connectivity index (χ0) is 14.4. The van der Waals surface area contributed by atoms with E-state index in [-0.39, 0.29) is 0 Å². The first kappa shape index (κ1) is 15.9. The number of unbranched alkanes of at least 4 members (excludes halogenated alkanes) is 1. The summed E-state index contributed by atoms with van der Waals surface area (Å²) in [5, 5.41) is 0. The maximum atomic E-state index is 10.5. The normalized spacial score (nSPS) is 28.6. The molecule has 2 fully saturated rings. The number of carbonyl (C=O) groups excluding carboxylic acids is 1. The van der Waals surface area contributed by atoms with Gasteiger partial charge in [-0.15, -0.1) is 0 Å². The second kappa shape index (κ2) is 8.11. The summed E-state index contributed by atoms with van der Waals surface area (Å²) in [4.78, 5) is 15.5. The summed E-state index contributed by atoms with van der Waals surface area (Å²) in [6, 6.07) is 1.31. The van der Waals surface area contributed by atoms with Gasteiger partial charge in [-0.05, 0) is 59.2 Å². The molecule has 2 aliphatic rings. The van der Waals surface area contributed by atoms with Crippen LogP contribution in [0.2, 0.25) is 0 Å². The second-order valence-corrected chi connectivity index (χ2v) is 6.48. The SMILES string of the molecule is CN(CC1CCO1)C(CCCC=O)C[C@H]1CCCN1C. The Kier molecular flexibility index (Phi) is 6.46. The van der Waals surface area contributed by atoms with Crippen molar-refractivity contribution in [2.75, 3.05) is 33.8 Å². The number of nitrogens with zero attached hydrogens (tertiary/aromatic N) is 2. The lowest BCUT2D eigenvalue weighted by atomic mass is 9.98. The Hall–Kier alpha value is -0.450. The molecular formula is C16H30N2O2. The quantitative estimate of drug-likeness (QED) is 0.478. The Bertz CT molecular complexity index is 294. The molecule has 2 unspecified atom stereocenters. The molecule has 20 heavy (non-hydrogen) atoms. The fraction of sp³-hybridized carbons (Fsp3) is 0.938. The molecule has 4 nitrogen and oxygen atoms in total. The minimum absolute atomic E-state index is 0.440. The fourth-order valence-electron chi connectivity index (χ4n) is 3.44. The zero-order valence-electron chi connectivity index (χ0n) is 13.1. The third kappa shape index (κ3) is 4.54. The minimum atomic E-state index is 0.440. The molecule has 2 saturated heterocycles. The fourth-order valence-corrected chi connectivity index (χ4v) is 3.44. The van der Waals surface area contributed by atoms with E-state index in [1.54, 1.807) is 0 Å². The van der Waals surface area contributed by atoms with E-state index in [1.807, 2.05) is 0 Å². The van der Waals surface area contributed by atoms with Crippen LogP contribution in [0.5, 0.6) is 0 Å². The summed E-state index contributed by atoms with van der Waals surface area (Å²) in [5.74, 6) is 0. The van der Waals surface area contributed by atoms with Crippen LogP contribution in [0.4, 0.5) is 0 Å². The van der Waals surface area contributed by atoms with Crippen molar-refractivity contribution in [2.45, 2.75) is 63.1 Å². The van der Waals surface area contributed by atoms with Crippen molar-refractivity contribution in [1.29, 1.82) is 0 Å². The van der Waals surface area contributed by atoms with Crippen molar-refractivity contribution < 1.29 is 9.53 Å². The van der Waals surface area contributed by atoms with Crippen molar-refractivity contribution >= 4 is 6.29 Å². The van der Waals surface area contributed by atoms with Crippen LogP contribution in [0, 0.1) is 0 Å². The highest BCUT2D eigenvalue weighted by Crippen LogP contribution is 2.24. The van der Waals surface area contributed by atoms with Crippen LogP contribution in [0.25, 0.3) is 0 Å². The van der Waals surface area contributed by atoms with Crippen LogP contribution in [0.1, 0.15) is 44.9 Å². The number of ether oxygens (including phenoxy) is 1. The molecule has 2 heterocycles. The van der Waals surface area contributed by atoms with E-state index >= 15 is 0 Å². The predicted octanol–water partition coefficient (Wildman–Crippen LogP) is 1.93. The second-order valence-electron chi connectivity index (χ2n) is 6.48. The number of rotatable bonds is 9. The lowest BCUT2D eigenvalue weighted by Crippen LogP contribution is -2.44. The van der Waals surface area contributed by atoms with Crippen LogP contribution in [-0.4, -0.2) is 68.1 Å². The standard InChI is InChI=1S/C16H30N2O2/c1-17-9-5-7-14(17)12-15(6-3-4-10-19)18(2)13-16-8-11-20-16/h10,14-16H,3-9,11-13H2,1-2H3/t14-,15?,16?/m1/s1. The molecule has 4 heteroatoms. The molecule has 2 aliphatic heterocycles. The molecule has 0 aromatic carbocycles. The maximum absolute atomic E-state index is 10.5.